The molecule has 4 heteroatoms. The van der Waals surface area contributed by atoms with Gasteiger partial charge in [0, 0.05) is 0 Å². The van der Waals surface area contributed by atoms with Gasteiger partial charge in [-0.15, -0.1) is 0 Å². The molecule has 0 aromatic carbocycles. The molecule has 0 amide bonds. The molecule has 0 fully saturated rings. The fourth-order valence-corrected chi connectivity index (χ4v) is 1.01. The monoisotopic (exact) mass is 147 g/mol. The van der Waals surface area contributed by atoms with E-state index in [0.717, 1.165) is 0 Å². The molecule has 1 rings (SSSR count). The fraction of sp³-hybridized carbons (Fsp3) is 0. The molecule has 1 heterocycles. The summed E-state index contributed by atoms with van der Waals surface area (Å²) in [5.41, 5.74) is 0. The quantitative estimate of drug-likeness (QED) is 0.373. The third-order valence-electron chi connectivity index (χ3n) is 0.497. The van der Waals surface area contributed by atoms with E-state index >= 15 is 0 Å². The van der Waals surface area contributed by atoms with Gasteiger partial charge >= 0.3 is 58.3 Å². The summed E-state index contributed by atoms with van der Waals surface area (Å²) in [6.07, 6.45) is 3.67. The van der Waals surface area contributed by atoms with Crippen LogP contribution in [0, 0.1) is 0 Å². The van der Waals surface area contributed by atoms with Crippen molar-refractivity contribution >= 4 is 18.2 Å². The van der Waals surface area contributed by atoms with E-state index in [4.69, 9.17) is 0 Å². The van der Waals surface area contributed by atoms with Crippen LogP contribution in [0.5, 0.6) is 0 Å². The number of hydrogen-bond acceptors (Lipinski definition) is 3. The molecular formula is C3H3N2STi. The fourth-order valence-electron chi connectivity index (χ4n) is 0.254. The third-order valence-corrected chi connectivity index (χ3v) is 1.74. The number of hydrogen-bond donors (Lipinski definition) is 0. The molecule has 1 aliphatic rings. The molecule has 0 N–H and O–H groups in total. The SMILES string of the molecule is [Ti][N]1N=CC=CS1. The van der Waals surface area contributed by atoms with Crippen LogP contribution in [-0.2, 0) is 20.7 Å². The summed E-state index contributed by atoms with van der Waals surface area (Å²) in [4.78, 5) is 0. The van der Waals surface area contributed by atoms with Crippen LogP contribution >= 0.6 is 11.9 Å². The van der Waals surface area contributed by atoms with Gasteiger partial charge in [0.2, 0.25) is 0 Å². The van der Waals surface area contributed by atoms with Gasteiger partial charge in [0.15, 0.2) is 0 Å². The van der Waals surface area contributed by atoms with Gasteiger partial charge in [-0.1, -0.05) is 0 Å². The minimum absolute atomic E-state index is 1.57. The summed E-state index contributed by atoms with van der Waals surface area (Å²) >= 11 is 3.48. The van der Waals surface area contributed by atoms with Crippen LogP contribution in [0.15, 0.2) is 16.6 Å². The van der Waals surface area contributed by atoms with Crippen molar-refractivity contribution in [3.05, 3.63) is 11.5 Å². The van der Waals surface area contributed by atoms with Gasteiger partial charge in [-0.05, 0) is 0 Å². The van der Waals surface area contributed by atoms with E-state index < -0.39 is 0 Å². The summed E-state index contributed by atoms with van der Waals surface area (Å²) in [7, 11) is 0. The molecule has 0 aromatic rings. The molecule has 0 saturated carbocycles. The average molecular weight is 147 g/mol. The van der Waals surface area contributed by atoms with E-state index in [9.17, 15) is 0 Å². The van der Waals surface area contributed by atoms with Gasteiger partial charge in [0.1, 0.15) is 0 Å². The Kier molecular flexibility index (Phi) is 1.97. The normalized spacial score (nSPS) is 17.9. The van der Waals surface area contributed by atoms with Crippen molar-refractivity contribution in [1.29, 1.82) is 0 Å². The summed E-state index contributed by atoms with van der Waals surface area (Å²) in [6, 6.07) is 0. The molecule has 0 unspecified atom stereocenters. The molecule has 1 aliphatic heterocycles. The maximum absolute atomic E-state index is 3.91. The first-order valence-corrected chi connectivity index (χ1v) is 3.30. The van der Waals surface area contributed by atoms with Gasteiger partial charge in [0.05, 0.1) is 0 Å². The van der Waals surface area contributed by atoms with Gasteiger partial charge in [-0.3, -0.25) is 0 Å². The maximum atomic E-state index is 3.91. The second kappa shape index (κ2) is 2.55. The Balaban J connectivity index is 2.49. The van der Waals surface area contributed by atoms with Crippen LogP contribution in [0.25, 0.3) is 0 Å². The molecule has 0 spiro atoms. The molecular weight excluding hydrogens is 144 g/mol. The van der Waals surface area contributed by atoms with E-state index in [0.29, 0.717) is 0 Å². The standard InChI is InChI=1S/C3H3N2S.Ti/c1-2-4-5-6-3-1;/h1-3H;/q-1;+1. The van der Waals surface area contributed by atoms with E-state index in [1.54, 1.807) is 21.1 Å². The Labute approximate surface area is 58.5 Å². The van der Waals surface area contributed by atoms with Crippen LogP contribution in [0.3, 0.4) is 0 Å². The first-order valence-electron chi connectivity index (χ1n) is 1.77. The van der Waals surface area contributed by atoms with E-state index in [2.05, 4.69) is 5.10 Å². The Morgan fingerprint density at radius 2 is 2.57 bits per heavy atom. The van der Waals surface area contributed by atoms with Crippen molar-refractivity contribution < 1.29 is 20.7 Å². The second-order valence-electron chi connectivity index (χ2n) is 0.971. The first kappa shape index (κ1) is 5.41. The van der Waals surface area contributed by atoms with Gasteiger partial charge < -0.3 is 0 Å². The number of hydrazone groups is 1. The molecule has 0 radical (unpaired) electrons. The van der Waals surface area contributed by atoms with Crippen molar-refractivity contribution in [2.24, 2.45) is 5.10 Å². The van der Waals surface area contributed by atoms with Crippen molar-refractivity contribution in [3.63, 3.8) is 0 Å². The predicted molar refractivity (Wildman–Crippen MR) is 27.1 cm³/mol. The Hall–Kier alpha value is 0.274. The van der Waals surface area contributed by atoms with Crippen LogP contribution in [0.1, 0.15) is 0 Å². The summed E-state index contributed by atoms with van der Waals surface area (Å²) < 4.78 is 1.79. The molecule has 2 nitrogen and oxygen atoms in total. The molecule has 0 aromatic heterocycles. The van der Waals surface area contributed by atoms with Gasteiger partial charge in [-0.25, -0.2) is 0 Å². The predicted octanol–water partition coefficient (Wildman–Crippen LogP) is 0.912. The number of rotatable bonds is 0. The van der Waals surface area contributed by atoms with Crippen molar-refractivity contribution in [3.8, 4) is 0 Å². The van der Waals surface area contributed by atoms with E-state index in [-0.39, 0.29) is 0 Å². The number of allylic oxidation sites excluding steroid dienone is 1. The second-order valence-corrected chi connectivity index (χ2v) is 2.97. The summed E-state index contributed by atoms with van der Waals surface area (Å²) in [5.74, 6) is 0. The topological polar surface area (TPSA) is 15.6 Å². The van der Waals surface area contributed by atoms with Gasteiger partial charge in [-0.2, -0.15) is 0 Å². The summed E-state index contributed by atoms with van der Waals surface area (Å²) in [6.45, 7) is 0. The van der Waals surface area contributed by atoms with Crippen molar-refractivity contribution in [2.75, 3.05) is 0 Å². The first-order chi connectivity index (χ1) is 3.39. The van der Waals surface area contributed by atoms with E-state index in [1.165, 1.54) is 0 Å². The van der Waals surface area contributed by atoms with Crippen LogP contribution in [0.2, 0.25) is 0 Å². The van der Waals surface area contributed by atoms with Crippen LogP contribution in [-0.4, -0.2) is 9.11 Å². The molecule has 0 bridgehead atoms. The molecule has 35 valence electrons. The van der Waals surface area contributed by atoms with Crippen molar-refractivity contribution in [1.82, 2.24) is 2.90 Å². The molecule has 0 atom stereocenters. The van der Waals surface area contributed by atoms with Gasteiger partial charge in [0.25, 0.3) is 0 Å². The Morgan fingerprint density at radius 3 is 2.86 bits per heavy atom. The third kappa shape index (κ3) is 1.67. The van der Waals surface area contributed by atoms with Crippen LogP contribution < -0.4 is 0 Å². The van der Waals surface area contributed by atoms with Crippen molar-refractivity contribution in [2.45, 2.75) is 0 Å². The number of nitrogens with zero attached hydrogens (tertiary/aromatic N) is 2. The summed E-state index contributed by atoms with van der Waals surface area (Å²) in [5, 5.41) is 5.89. The zero-order valence-electron chi connectivity index (χ0n) is 3.53. The molecule has 0 aliphatic carbocycles. The van der Waals surface area contributed by atoms with E-state index in [1.807, 2.05) is 32.2 Å². The average Bonchev–Trinajstić information content (AvgIpc) is 1.69. The molecule has 7 heavy (non-hydrogen) atoms. The zero-order valence-corrected chi connectivity index (χ0v) is 5.91. The zero-order chi connectivity index (χ0) is 5.11. The minimum atomic E-state index is 1.57. The Morgan fingerprint density at radius 1 is 1.71 bits per heavy atom. The Bertz CT molecular complexity index is 112. The van der Waals surface area contributed by atoms with Crippen LogP contribution in [0.4, 0.5) is 0 Å². The molecule has 0 saturated heterocycles.